The van der Waals surface area contributed by atoms with E-state index in [9.17, 15) is 4.79 Å². The Morgan fingerprint density at radius 3 is 2.56 bits per heavy atom. The maximum absolute atomic E-state index is 12.7. The second kappa shape index (κ2) is 10.5. The minimum atomic E-state index is -0.324. The van der Waals surface area contributed by atoms with Crippen LogP contribution in [-0.4, -0.2) is 25.9 Å². The molecular formula is C24H24N4O2S2. The zero-order chi connectivity index (χ0) is 22.3. The van der Waals surface area contributed by atoms with Crippen LogP contribution >= 0.6 is 23.1 Å². The number of nitrogens with one attached hydrogen (secondary N) is 1. The van der Waals surface area contributed by atoms with Gasteiger partial charge in [-0.2, -0.15) is 0 Å². The number of hydrogen-bond donors (Lipinski definition) is 1. The molecule has 1 atom stereocenters. The fourth-order valence-electron chi connectivity index (χ4n) is 3.08. The lowest BCUT2D eigenvalue weighted by Gasteiger charge is -2.13. The van der Waals surface area contributed by atoms with Crippen LogP contribution in [0.2, 0.25) is 0 Å². The van der Waals surface area contributed by atoms with Crippen molar-refractivity contribution < 1.29 is 9.53 Å². The summed E-state index contributed by atoms with van der Waals surface area (Å²) >= 11 is 3.03. The van der Waals surface area contributed by atoms with Crippen LogP contribution in [0.25, 0.3) is 10.7 Å². The highest BCUT2D eigenvalue weighted by Gasteiger charge is 2.20. The molecule has 6 nitrogen and oxygen atoms in total. The van der Waals surface area contributed by atoms with Crippen LogP contribution in [0.15, 0.2) is 77.3 Å². The Bertz CT molecular complexity index is 1140. The Labute approximate surface area is 195 Å². The highest BCUT2D eigenvalue weighted by Crippen LogP contribution is 2.29. The minimum absolute atomic E-state index is 0.0868. The standard InChI is InChI=1S/C24H24N4O2S2/c1-3-28-22(21-10-7-15-31-21)26-27-24(28)32-17(2)23(29)25-19-11-13-20(14-12-19)30-16-18-8-5-4-6-9-18/h4-15,17H,3,16H2,1-2H3,(H,25,29). The molecule has 1 unspecified atom stereocenters. The first kappa shape index (κ1) is 22.1. The molecule has 32 heavy (non-hydrogen) atoms. The summed E-state index contributed by atoms with van der Waals surface area (Å²) in [6.45, 7) is 5.17. The van der Waals surface area contributed by atoms with Crippen LogP contribution in [0, 0.1) is 0 Å². The zero-order valence-corrected chi connectivity index (χ0v) is 19.5. The lowest BCUT2D eigenvalue weighted by atomic mass is 10.2. The summed E-state index contributed by atoms with van der Waals surface area (Å²) in [5.41, 5.74) is 1.84. The molecule has 0 spiro atoms. The van der Waals surface area contributed by atoms with Crippen molar-refractivity contribution in [2.75, 3.05) is 5.32 Å². The van der Waals surface area contributed by atoms with Crippen LogP contribution in [0.5, 0.6) is 5.75 Å². The van der Waals surface area contributed by atoms with Crippen molar-refractivity contribution >= 4 is 34.7 Å². The number of nitrogens with zero attached hydrogens (tertiary/aromatic N) is 3. The number of amides is 1. The van der Waals surface area contributed by atoms with Crippen LogP contribution in [-0.2, 0) is 17.9 Å². The van der Waals surface area contributed by atoms with Crippen molar-refractivity contribution in [1.29, 1.82) is 0 Å². The third-order valence-corrected chi connectivity index (χ3v) is 6.74. The summed E-state index contributed by atoms with van der Waals surface area (Å²) in [6, 6.07) is 21.4. The van der Waals surface area contributed by atoms with Crippen LogP contribution in [0.3, 0.4) is 0 Å². The molecule has 0 radical (unpaired) electrons. The number of hydrogen-bond acceptors (Lipinski definition) is 6. The maximum atomic E-state index is 12.7. The molecule has 2 aromatic heterocycles. The Kier molecular flexibility index (Phi) is 7.24. The number of carbonyl (C=O) groups excluding carboxylic acids is 1. The molecule has 8 heteroatoms. The van der Waals surface area contributed by atoms with E-state index >= 15 is 0 Å². The predicted molar refractivity (Wildman–Crippen MR) is 130 cm³/mol. The van der Waals surface area contributed by atoms with E-state index in [1.54, 1.807) is 11.3 Å². The Morgan fingerprint density at radius 2 is 1.88 bits per heavy atom. The van der Waals surface area contributed by atoms with E-state index < -0.39 is 0 Å². The minimum Gasteiger partial charge on any atom is -0.489 e. The van der Waals surface area contributed by atoms with Crippen LogP contribution in [0.4, 0.5) is 5.69 Å². The largest absolute Gasteiger partial charge is 0.489 e. The van der Waals surface area contributed by atoms with Gasteiger partial charge in [-0.25, -0.2) is 0 Å². The van der Waals surface area contributed by atoms with E-state index in [4.69, 9.17) is 4.74 Å². The molecule has 4 aromatic rings. The van der Waals surface area contributed by atoms with E-state index in [2.05, 4.69) is 22.4 Å². The molecule has 0 aliphatic heterocycles. The molecule has 0 fully saturated rings. The third-order valence-electron chi connectivity index (χ3n) is 4.80. The van der Waals surface area contributed by atoms with Crippen LogP contribution < -0.4 is 10.1 Å². The molecule has 0 bridgehead atoms. The number of benzene rings is 2. The van der Waals surface area contributed by atoms with E-state index in [-0.39, 0.29) is 11.2 Å². The van der Waals surface area contributed by atoms with E-state index in [0.717, 1.165) is 39.4 Å². The number of carbonyl (C=O) groups is 1. The zero-order valence-electron chi connectivity index (χ0n) is 17.9. The second-order valence-electron chi connectivity index (χ2n) is 7.08. The van der Waals surface area contributed by atoms with Crippen molar-refractivity contribution in [3.8, 4) is 16.5 Å². The Balaban J connectivity index is 1.34. The lowest BCUT2D eigenvalue weighted by Crippen LogP contribution is -2.22. The average Bonchev–Trinajstić information content (AvgIpc) is 3.49. The predicted octanol–water partition coefficient (Wildman–Crippen LogP) is 5.72. The van der Waals surface area contributed by atoms with Crippen molar-refractivity contribution in [3.05, 3.63) is 77.7 Å². The first-order valence-corrected chi connectivity index (χ1v) is 12.1. The van der Waals surface area contributed by atoms with Crippen molar-refractivity contribution in [1.82, 2.24) is 14.8 Å². The van der Waals surface area contributed by atoms with Gasteiger partial charge in [0.2, 0.25) is 5.91 Å². The highest BCUT2D eigenvalue weighted by atomic mass is 32.2. The number of aromatic nitrogens is 3. The van der Waals surface area contributed by atoms with Gasteiger partial charge in [0.25, 0.3) is 0 Å². The molecule has 0 saturated heterocycles. The number of ether oxygens (including phenoxy) is 1. The Hall–Kier alpha value is -3.10. The molecule has 2 heterocycles. The van der Waals surface area contributed by atoms with E-state index in [1.807, 2.05) is 83.6 Å². The van der Waals surface area contributed by atoms with Gasteiger partial charge in [0.1, 0.15) is 12.4 Å². The summed E-state index contributed by atoms with van der Waals surface area (Å²) in [6.07, 6.45) is 0. The first-order valence-electron chi connectivity index (χ1n) is 10.4. The molecule has 2 aromatic carbocycles. The molecular weight excluding hydrogens is 440 g/mol. The summed E-state index contributed by atoms with van der Waals surface area (Å²) in [4.78, 5) is 13.8. The van der Waals surface area contributed by atoms with Gasteiger partial charge >= 0.3 is 0 Å². The summed E-state index contributed by atoms with van der Waals surface area (Å²) in [7, 11) is 0. The normalized spacial score (nSPS) is 11.8. The van der Waals surface area contributed by atoms with Gasteiger partial charge in [0.15, 0.2) is 11.0 Å². The van der Waals surface area contributed by atoms with Crippen molar-refractivity contribution in [3.63, 3.8) is 0 Å². The molecule has 164 valence electrons. The van der Waals surface area contributed by atoms with Gasteiger partial charge in [-0.05, 0) is 55.1 Å². The summed E-state index contributed by atoms with van der Waals surface area (Å²) in [5, 5.41) is 14.0. The van der Waals surface area contributed by atoms with Gasteiger partial charge < -0.3 is 14.6 Å². The van der Waals surface area contributed by atoms with Gasteiger partial charge in [0.05, 0.1) is 10.1 Å². The van der Waals surface area contributed by atoms with Gasteiger partial charge in [-0.1, -0.05) is 48.2 Å². The number of rotatable bonds is 9. The molecule has 1 amide bonds. The second-order valence-corrected chi connectivity index (χ2v) is 9.33. The fraction of sp³-hybridized carbons (Fsp3) is 0.208. The number of thioether (sulfide) groups is 1. The summed E-state index contributed by atoms with van der Waals surface area (Å²) in [5.74, 6) is 1.51. The molecule has 0 aliphatic rings. The van der Waals surface area contributed by atoms with E-state index in [0.29, 0.717) is 6.61 Å². The topological polar surface area (TPSA) is 69.0 Å². The lowest BCUT2D eigenvalue weighted by molar-refractivity contribution is -0.115. The molecule has 4 rings (SSSR count). The molecule has 0 aliphatic carbocycles. The quantitative estimate of drug-likeness (QED) is 0.321. The number of anilines is 1. The first-order chi connectivity index (χ1) is 15.6. The SMILES string of the molecule is CCn1c(SC(C)C(=O)Nc2ccc(OCc3ccccc3)cc2)nnc1-c1cccs1. The Morgan fingerprint density at radius 1 is 1.09 bits per heavy atom. The van der Waals surface area contributed by atoms with E-state index in [1.165, 1.54) is 11.8 Å². The van der Waals surface area contributed by atoms with Crippen molar-refractivity contribution in [2.24, 2.45) is 0 Å². The molecule has 1 N–H and O–H groups in total. The maximum Gasteiger partial charge on any atom is 0.237 e. The van der Waals surface area contributed by atoms with Crippen LogP contribution in [0.1, 0.15) is 19.4 Å². The summed E-state index contributed by atoms with van der Waals surface area (Å²) < 4.78 is 7.84. The monoisotopic (exact) mass is 464 g/mol. The smallest absolute Gasteiger partial charge is 0.237 e. The van der Waals surface area contributed by atoms with Gasteiger partial charge in [-0.15, -0.1) is 21.5 Å². The highest BCUT2D eigenvalue weighted by molar-refractivity contribution is 8.00. The molecule has 0 saturated carbocycles. The average molecular weight is 465 g/mol. The third kappa shape index (κ3) is 5.38. The number of thiophene rings is 1. The van der Waals surface area contributed by atoms with Gasteiger partial charge in [-0.3, -0.25) is 4.79 Å². The fourth-order valence-corrected chi connectivity index (χ4v) is 4.71. The van der Waals surface area contributed by atoms with Gasteiger partial charge in [0, 0.05) is 12.2 Å². The van der Waals surface area contributed by atoms with Crippen molar-refractivity contribution in [2.45, 2.75) is 37.4 Å².